The molecule has 2 saturated carbocycles. The van der Waals surface area contributed by atoms with Gasteiger partial charge in [0.05, 0.1) is 12.1 Å². The van der Waals surface area contributed by atoms with E-state index >= 15 is 0 Å². The van der Waals surface area contributed by atoms with Gasteiger partial charge in [0, 0.05) is 6.54 Å². The minimum absolute atomic E-state index is 0.0566. The summed E-state index contributed by atoms with van der Waals surface area (Å²) >= 11 is 0. The Balaban J connectivity index is 1.58. The van der Waals surface area contributed by atoms with Crippen molar-refractivity contribution in [1.29, 1.82) is 0 Å². The van der Waals surface area contributed by atoms with Crippen LogP contribution >= 0.6 is 0 Å². The topological polar surface area (TPSA) is 97.6 Å². The van der Waals surface area contributed by atoms with Crippen molar-refractivity contribution in [3.63, 3.8) is 0 Å². The van der Waals surface area contributed by atoms with Crippen LogP contribution in [0.2, 0.25) is 0 Å². The minimum atomic E-state index is -1.01. The van der Waals surface area contributed by atoms with Crippen LogP contribution in [0.3, 0.4) is 0 Å². The number of carbonyl (C=O) groups is 2. The number of carbonyl (C=O) groups excluding carboxylic acids is 1. The van der Waals surface area contributed by atoms with Gasteiger partial charge < -0.3 is 14.7 Å². The molecule has 118 valence electrons. The highest BCUT2D eigenvalue weighted by Gasteiger charge is 2.57. The Labute approximate surface area is 127 Å². The first-order valence-electron chi connectivity index (χ1n) is 7.60. The van der Waals surface area contributed by atoms with E-state index in [1.165, 1.54) is 6.33 Å². The molecule has 1 saturated heterocycles. The molecule has 22 heavy (non-hydrogen) atoms. The number of morpholine rings is 1. The average molecular weight is 306 g/mol. The monoisotopic (exact) mass is 306 g/mol. The molecule has 3 fully saturated rings. The van der Waals surface area contributed by atoms with E-state index in [2.05, 4.69) is 10.1 Å². The van der Waals surface area contributed by atoms with Crippen LogP contribution in [0.4, 0.5) is 0 Å². The first-order valence-corrected chi connectivity index (χ1v) is 7.60. The number of ether oxygens (including phenoxy) is 1. The van der Waals surface area contributed by atoms with Gasteiger partial charge >= 0.3 is 5.97 Å². The zero-order chi connectivity index (χ0) is 15.4. The highest BCUT2D eigenvalue weighted by molar-refractivity contribution is 5.88. The third-order valence-corrected chi connectivity index (χ3v) is 5.06. The fraction of sp³-hybridized carbons (Fsp3) is 0.714. The fourth-order valence-corrected chi connectivity index (χ4v) is 3.50. The highest BCUT2D eigenvalue weighted by Crippen LogP contribution is 2.47. The smallest absolute Gasteiger partial charge is 0.334 e. The van der Waals surface area contributed by atoms with Crippen LogP contribution in [-0.2, 0) is 19.9 Å². The Morgan fingerprint density at radius 1 is 1.27 bits per heavy atom. The standard InChI is InChI=1S/C14H18N4O4/c19-11(20)10-6-17(7-13(22-10)2-1-3-13)12(21)14(4-5-14)18-9-15-8-16-18/h8-10H,1-7H2,(H,19,20). The number of aromatic nitrogens is 3. The van der Waals surface area contributed by atoms with E-state index in [0.29, 0.717) is 6.54 Å². The quantitative estimate of drug-likeness (QED) is 0.844. The van der Waals surface area contributed by atoms with Gasteiger partial charge in [-0.15, -0.1) is 0 Å². The van der Waals surface area contributed by atoms with Crippen LogP contribution in [0.5, 0.6) is 0 Å². The maximum Gasteiger partial charge on any atom is 0.334 e. The molecular formula is C14H18N4O4. The Morgan fingerprint density at radius 2 is 2.05 bits per heavy atom. The van der Waals surface area contributed by atoms with Gasteiger partial charge in [0.25, 0.3) is 5.91 Å². The van der Waals surface area contributed by atoms with Gasteiger partial charge in [-0.05, 0) is 32.1 Å². The van der Waals surface area contributed by atoms with E-state index < -0.39 is 23.2 Å². The number of aliphatic carboxylic acids is 1. The van der Waals surface area contributed by atoms with Gasteiger partial charge in [-0.3, -0.25) is 4.79 Å². The van der Waals surface area contributed by atoms with Gasteiger partial charge in [0.15, 0.2) is 6.10 Å². The van der Waals surface area contributed by atoms with Crippen LogP contribution in [0.15, 0.2) is 12.7 Å². The van der Waals surface area contributed by atoms with Crippen molar-refractivity contribution in [3.8, 4) is 0 Å². The van der Waals surface area contributed by atoms with E-state index in [9.17, 15) is 14.7 Å². The number of hydrogen-bond acceptors (Lipinski definition) is 5. The molecular weight excluding hydrogens is 288 g/mol. The molecule has 1 aromatic heterocycles. The molecule has 2 heterocycles. The third kappa shape index (κ3) is 1.93. The summed E-state index contributed by atoms with van der Waals surface area (Å²) < 4.78 is 7.35. The van der Waals surface area contributed by atoms with Crippen LogP contribution in [0.25, 0.3) is 0 Å². The van der Waals surface area contributed by atoms with Crippen LogP contribution < -0.4 is 0 Å². The second-order valence-corrected chi connectivity index (χ2v) is 6.54. The Morgan fingerprint density at radius 3 is 2.55 bits per heavy atom. The van der Waals surface area contributed by atoms with Crippen LogP contribution in [0.1, 0.15) is 32.1 Å². The molecule has 1 atom stereocenters. The molecule has 1 amide bonds. The number of carboxylic acid groups (broad SMARTS) is 1. The fourth-order valence-electron chi connectivity index (χ4n) is 3.50. The molecule has 8 heteroatoms. The highest BCUT2D eigenvalue weighted by atomic mass is 16.5. The summed E-state index contributed by atoms with van der Waals surface area (Å²) in [6.45, 7) is 0.582. The second-order valence-electron chi connectivity index (χ2n) is 6.54. The predicted octanol–water partition coefficient (Wildman–Crippen LogP) is 0.00190. The molecule has 0 bridgehead atoms. The van der Waals surface area contributed by atoms with Gasteiger partial charge in [-0.2, -0.15) is 5.10 Å². The summed E-state index contributed by atoms with van der Waals surface area (Å²) in [6.07, 6.45) is 6.12. The lowest BCUT2D eigenvalue weighted by Crippen LogP contribution is -2.63. The molecule has 1 unspecified atom stereocenters. The van der Waals surface area contributed by atoms with Crippen molar-refractivity contribution in [2.75, 3.05) is 13.1 Å². The average Bonchev–Trinajstić information content (AvgIpc) is 3.11. The first kappa shape index (κ1) is 13.7. The van der Waals surface area contributed by atoms with Gasteiger partial charge in [-0.1, -0.05) is 0 Å². The predicted molar refractivity (Wildman–Crippen MR) is 72.9 cm³/mol. The van der Waals surface area contributed by atoms with E-state index in [4.69, 9.17) is 4.74 Å². The molecule has 1 aliphatic heterocycles. The summed E-state index contributed by atoms with van der Waals surface area (Å²) in [5.74, 6) is -1.06. The summed E-state index contributed by atoms with van der Waals surface area (Å²) in [7, 11) is 0. The SMILES string of the molecule is O=C(O)C1CN(C(=O)C2(n3cncn3)CC2)CC2(CCC2)O1. The molecule has 2 aliphatic carbocycles. The number of amides is 1. The normalized spacial score (nSPS) is 28.2. The van der Waals surface area contributed by atoms with Gasteiger partial charge in [-0.25, -0.2) is 14.5 Å². The van der Waals surface area contributed by atoms with Crippen molar-refractivity contribution in [3.05, 3.63) is 12.7 Å². The number of carboxylic acids is 1. The third-order valence-electron chi connectivity index (χ3n) is 5.06. The Hall–Kier alpha value is -1.96. The molecule has 0 radical (unpaired) electrons. The van der Waals surface area contributed by atoms with E-state index in [1.54, 1.807) is 15.9 Å². The minimum Gasteiger partial charge on any atom is -0.479 e. The number of nitrogens with zero attached hydrogens (tertiary/aromatic N) is 4. The molecule has 1 spiro atoms. The first-order chi connectivity index (χ1) is 10.5. The van der Waals surface area contributed by atoms with Crippen molar-refractivity contribution >= 4 is 11.9 Å². The second kappa shape index (κ2) is 4.52. The lowest BCUT2D eigenvalue weighted by molar-refractivity contribution is -0.207. The summed E-state index contributed by atoms with van der Waals surface area (Å²) in [4.78, 5) is 29.9. The number of hydrogen-bond donors (Lipinski definition) is 1. The Kier molecular flexibility index (Phi) is 2.81. The summed E-state index contributed by atoms with van der Waals surface area (Å²) in [6, 6.07) is 0. The van der Waals surface area contributed by atoms with Crippen LogP contribution in [-0.4, -0.2) is 61.4 Å². The maximum atomic E-state index is 13.0. The molecule has 3 aliphatic rings. The molecule has 1 aromatic rings. The van der Waals surface area contributed by atoms with E-state index in [-0.39, 0.29) is 12.5 Å². The van der Waals surface area contributed by atoms with Crippen molar-refractivity contribution in [2.24, 2.45) is 0 Å². The summed E-state index contributed by atoms with van der Waals surface area (Å²) in [5, 5.41) is 13.4. The zero-order valence-electron chi connectivity index (χ0n) is 12.1. The Bertz CT molecular complexity index is 606. The number of rotatable bonds is 3. The maximum absolute atomic E-state index is 13.0. The molecule has 4 rings (SSSR count). The van der Waals surface area contributed by atoms with Crippen LogP contribution in [0, 0.1) is 0 Å². The lowest BCUT2D eigenvalue weighted by Gasteiger charge is -2.50. The zero-order valence-corrected chi connectivity index (χ0v) is 12.1. The van der Waals surface area contributed by atoms with Crippen molar-refractivity contribution in [2.45, 2.75) is 49.3 Å². The molecule has 0 aromatic carbocycles. The van der Waals surface area contributed by atoms with Crippen molar-refractivity contribution in [1.82, 2.24) is 19.7 Å². The van der Waals surface area contributed by atoms with Crippen molar-refractivity contribution < 1.29 is 19.4 Å². The van der Waals surface area contributed by atoms with Gasteiger partial charge in [0.1, 0.15) is 18.2 Å². The van der Waals surface area contributed by atoms with E-state index in [1.807, 2.05) is 0 Å². The lowest BCUT2D eigenvalue weighted by atomic mass is 9.78. The largest absolute Gasteiger partial charge is 0.479 e. The molecule has 1 N–H and O–H groups in total. The summed E-state index contributed by atoms with van der Waals surface area (Å²) in [5.41, 5.74) is -1.13. The van der Waals surface area contributed by atoms with E-state index in [0.717, 1.165) is 32.1 Å². The van der Waals surface area contributed by atoms with Gasteiger partial charge in [0.2, 0.25) is 0 Å². The molecule has 8 nitrogen and oxygen atoms in total.